The molecule has 0 unspecified atom stereocenters. The first kappa shape index (κ1) is 20.9. The number of piperazine rings is 1. The van der Waals surface area contributed by atoms with E-state index in [1.807, 2.05) is 6.07 Å². The average molecular weight is 424 g/mol. The van der Waals surface area contributed by atoms with E-state index in [2.05, 4.69) is 38.8 Å². The van der Waals surface area contributed by atoms with Crippen molar-refractivity contribution in [2.24, 2.45) is 0 Å². The first-order valence-corrected chi connectivity index (χ1v) is 11.2. The van der Waals surface area contributed by atoms with Gasteiger partial charge < -0.3 is 9.64 Å². The fourth-order valence-corrected chi connectivity index (χ4v) is 4.82. The van der Waals surface area contributed by atoms with E-state index in [9.17, 15) is 8.42 Å². The van der Waals surface area contributed by atoms with Gasteiger partial charge in [-0.3, -0.25) is 4.90 Å². The number of nitrogens with one attached hydrogen (secondary N) is 1. The largest absolute Gasteiger partial charge is 0.495 e. The van der Waals surface area contributed by atoms with Crippen molar-refractivity contribution in [3.05, 3.63) is 53.6 Å². The Bertz CT molecular complexity index is 870. The van der Waals surface area contributed by atoms with Crippen LogP contribution in [0.15, 0.2) is 53.4 Å². The Labute approximate surface area is 172 Å². The molecule has 0 saturated carbocycles. The summed E-state index contributed by atoms with van der Waals surface area (Å²) in [6, 6.07) is 15.0. The summed E-state index contributed by atoms with van der Waals surface area (Å²) in [6.45, 7) is 5.15. The maximum atomic E-state index is 12.5. The van der Waals surface area contributed by atoms with Gasteiger partial charge in [-0.2, -0.15) is 0 Å². The maximum absolute atomic E-state index is 12.5. The number of methoxy groups -OCH3 is 1. The van der Waals surface area contributed by atoms with Gasteiger partial charge in [0.15, 0.2) is 0 Å². The molecule has 0 atom stereocenters. The first-order valence-electron chi connectivity index (χ1n) is 9.35. The number of hydrogen-bond donors (Lipinski definition) is 1. The highest BCUT2D eigenvalue weighted by molar-refractivity contribution is 7.89. The minimum atomic E-state index is -3.66. The first-order chi connectivity index (χ1) is 13.5. The van der Waals surface area contributed by atoms with Gasteiger partial charge in [0.2, 0.25) is 10.0 Å². The molecule has 1 fully saturated rings. The molecule has 0 spiro atoms. The second kappa shape index (κ2) is 9.60. The standard InChI is InChI=1S/C20H26ClN3O3S/c1-27-19-9-8-17(21)16-20(19)28(25,26)22-10-5-11-23-12-14-24(15-13-23)18-6-3-2-4-7-18/h2-4,6-9,16,22H,5,10-15H2,1H3. The van der Waals surface area contributed by atoms with Gasteiger partial charge in [-0.05, 0) is 43.3 Å². The van der Waals surface area contributed by atoms with Gasteiger partial charge in [0, 0.05) is 43.4 Å². The van der Waals surface area contributed by atoms with Crippen molar-refractivity contribution in [1.29, 1.82) is 0 Å². The van der Waals surface area contributed by atoms with Crippen LogP contribution in [0.25, 0.3) is 0 Å². The van der Waals surface area contributed by atoms with Gasteiger partial charge in [-0.15, -0.1) is 0 Å². The molecule has 1 N–H and O–H groups in total. The van der Waals surface area contributed by atoms with Crippen molar-refractivity contribution in [2.75, 3.05) is 51.3 Å². The molecule has 152 valence electrons. The van der Waals surface area contributed by atoms with E-state index in [1.54, 1.807) is 12.1 Å². The molecule has 3 rings (SSSR count). The molecule has 0 amide bonds. The molecule has 8 heteroatoms. The smallest absolute Gasteiger partial charge is 0.244 e. The van der Waals surface area contributed by atoms with Crippen molar-refractivity contribution in [1.82, 2.24) is 9.62 Å². The van der Waals surface area contributed by atoms with Gasteiger partial charge in [-0.25, -0.2) is 13.1 Å². The molecule has 2 aromatic rings. The predicted octanol–water partition coefficient (Wildman–Crippen LogP) is 2.84. The summed E-state index contributed by atoms with van der Waals surface area (Å²) in [5.74, 6) is 0.286. The molecule has 28 heavy (non-hydrogen) atoms. The van der Waals surface area contributed by atoms with E-state index in [-0.39, 0.29) is 10.6 Å². The van der Waals surface area contributed by atoms with Crippen molar-refractivity contribution < 1.29 is 13.2 Å². The Balaban J connectivity index is 1.44. The molecule has 0 radical (unpaired) electrons. The third kappa shape index (κ3) is 5.38. The van der Waals surface area contributed by atoms with Crippen LogP contribution in [0.2, 0.25) is 5.02 Å². The molecule has 2 aromatic carbocycles. The van der Waals surface area contributed by atoms with Crippen LogP contribution in [0.3, 0.4) is 0 Å². The van der Waals surface area contributed by atoms with Gasteiger partial charge in [0.1, 0.15) is 10.6 Å². The van der Waals surface area contributed by atoms with E-state index in [0.717, 1.165) is 39.1 Å². The number of hydrogen-bond acceptors (Lipinski definition) is 5. The summed E-state index contributed by atoms with van der Waals surface area (Å²) in [6.07, 6.45) is 0.744. The molecular formula is C20H26ClN3O3S. The lowest BCUT2D eigenvalue weighted by Crippen LogP contribution is -2.47. The van der Waals surface area contributed by atoms with Crippen molar-refractivity contribution in [3.8, 4) is 5.75 Å². The van der Waals surface area contributed by atoms with E-state index in [1.165, 1.54) is 18.9 Å². The Hall–Kier alpha value is -1.80. The minimum Gasteiger partial charge on any atom is -0.495 e. The number of ether oxygens (including phenoxy) is 1. The third-order valence-electron chi connectivity index (χ3n) is 4.85. The molecule has 1 saturated heterocycles. The van der Waals surface area contributed by atoms with E-state index in [4.69, 9.17) is 16.3 Å². The fourth-order valence-electron chi connectivity index (χ4n) is 3.32. The molecule has 1 aliphatic heterocycles. The van der Waals surface area contributed by atoms with Crippen molar-refractivity contribution in [2.45, 2.75) is 11.3 Å². The van der Waals surface area contributed by atoms with Gasteiger partial charge in [0.05, 0.1) is 7.11 Å². The zero-order chi connectivity index (χ0) is 20.0. The number of anilines is 1. The van der Waals surface area contributed by atoms with Gasteiger partial charge in [-0.1, -0.05) is 29.8 Å². The zero-order valence-corrected chi connectivity index (χ0v) is 17.5. The summed E-state index contributed by atoms with van der Waals surface area (Å²) in [5.41, 5.74) is 1.25. The Morgan fingerprint density at radius 3 is 2.46 bits per heavy atom. The summed E-state index contributed by atoms with van der Waals surface area (Å²) in [7, 11) is -2.22. The third-order valence-corrected chi connectivity index (χ3v) is 6.57. The lowest BCUT2D eigenvalue weighted by atomic mass is 10.2. The number of rotatable bonds is 8. The summed E-state index contributed by atoms with van der Waals surface area (Å²) in [5, 5.41) is 0.359. The molecular weight excluding hydrogens is 398 g/mol. The zero-order valence-electron chi connectivity index (χ0n) is 16.0. The van der Waals surface area contributed by atoms with Crippen LogP contribution in [0, 0.1) is 0 Å². The molecule has 1 aliphatic rings. The van der Waals surface area contributed by atoms with Crippen LogP contribution in [0.5, 0.6) is 5.75 Å². The lowest BCUT2D eigenvalue weighted by molar-refractivity contribution is 0.255. The monoisotopic (exact) mass is 423 g/mol. The van der Waals surface area contributed by atoms with Crippen molar-refractivity contribution >= 4 is 27.3 Å². The minimum absolute atomic E-state index is 0.0685. The van der Waals surface area contributed by atoms with E-state index < -0.39 is 10.0 Å². The summed E-state index contributed by atoms with van der Waals surface area (Å²) in [4.78, 5) is 4.82. The number of halogens is 1. The summed E-state index contributed by atoms with van der Waals surface area (Å²) >= 11 is 5.94. The van der Waals surface area contributed by atoms with Crippen LogP contribution in [0.1, 0.15) is 6.42 Å². The topological polar surface area (TPSA) is 61.9 Å². The van der Waals surface area contributed by atoms with E-state index >= 15 is 0 Å². The van der Waals surface area contributed by atoms with Gasteiger partial charge in [0.25, 0.3) is 0 Å². The Kier molecular flexibility index (Phi) is 7.18. The highest BCUT2D eigenvalue weighted by Crippen LogP contribution is 2.26. The fraction of sp³-hybridized carbons (Fsp3) is 0.400. The molecule has 1 heterocycles. The SMILES string of the molecule is COc1ccc(Cl)cc1S(=O)(=O)NCCCN1CCN(c2ccccc2)CC1. The quantitative estimate of drug-likeness (QED) is 0.661. The normalized spacial score (nSPS) is 15.6. The van der Waals surface area contributed by atoms with E-state index in [0.29, 0.717) is 11.6 Å². The van der Waals surface area contributed by atoms with Crippen LogP contribution in [0.4, 0.5) is 5.69 Å². The second-order valence-electron chi connectivity index (χ2n) is 6.71. The summed E-state index contributed by atoms with van der Waals surface area (Å²) < 4.78 is 32.9. The van der Waals surface area contributed by atoms with Crippen LogP contribution >= 0.6 is 11.6 Å². The van der Waals surface area contributed by atoms with Crippen LogP contribution in [-0.2, 0) is 10.0 Å². The number of nitrogens with zero attached hydrogens (tertiary/aromatic N) is 2. The predicted molar refractivity (Wildman–Crippen MR) is 113 cm³/mol. The highest BCUT2D eigenvalue weighted by atomic mass is 35.5. The molecule has 0 aromatic heterocycles. The van der Waals surface area contributed by atoms with Crippen molar-refractivity contribution in [3.63, 3.8) is 0 Å². The molecule has 0 bridgehead atoms. The number of benzene rings is 2. The average Bonchev–Trinajstić information content (AvgIpc) is 2.72. The number of sulfonamides is 1. The molecule has 6 nitrogen and oxygen atoms in total. The van der Waals surface area contributed by atoms with Gasteiger partial charge >= 0.3 is 0 Å². The van der Waals surface area contributed by atoms with Crippen LogP contribution < -0.4 is 14.4 Å². The van der Waals surface area contributed by atoms with Crippen LogP contribution in [-0.4, -0.2) is 59.7 Å². The molecule has 0 aliphatic carbocycles. The Morgan fingerprint density at radius 2 is 1.79 bits per heavy atom. The highest BCUT2D eigenvalue weighted by Gasteiger charge is 2.20. The second-order valence-corrected chi connectivity index (χ2v) is 8.88. The maximum Gasteiger partial charge on any atom is 0.244 e. The Morgan fingerprint density at radius 1 is 1.07 bits per heavy atom. The lowest BCUT2D eigenvalue weighted by Gasteiger charge is -2.36. The number of para-hydroxylation sites is 1.